The van der Waals surface area contributed by atoms with Gasteiger partial charge in [-0.2, -0.15) is 0 Å². The number of aryl methyl sites for hydroxylation is 2. The molecule has 0 saturated heterocycles. The van der Waals surface area contributed by atoms with Gasteiger partial charge in [-0.1, -0.05) is 12.1 Å². The van der Waals surface area contributed by atoms with Gasteiger partial charge in [-0.05, 0) is 43.2 Å². The number of amides is 1. The zero-order chi connectivity index (χ0) is 13.8. The van der Waals surface area contributed by atoms with Crippen molar-refractivity contribution in [3.05, 3.63) is 56.8 Å². The Balaban J connectivity index is 1.94. The highest BCUT2D eigenvalue weighted by atomic mass is 32.1. The molecule has 1 heterocycles. The van der Waals surface area contributed by atoms with Gasteiger partial charge >= 0.3 is 0 Å². The Morgan fingerprint density at radius 2 is 2.05 bits per heavy atom. The van der Waals surface area contributed by atoms with Crippen molar-refractivity contribution < 1.29 is 4.79 Å². The highest BCUT2D eigenvalue weighted by Gasteiger charge is 2.03. The molecule has 0 radical (unpaired) electrons. The molecule has 0 aliphatic carbocycles. The van der Waals surface area contributed by atoms with E-state index in [0.29, 0.717) is 5.56 Å². The molecule has 0 bridgehead atoms. The smallest absolute Gasteiger partial charge is 0.248 e. The van der Waals surface area contributed by atoms with E-state index in [9.17, 15) is 4.79 Å². The summed E-state index contributed by atoms with van der Waals surface area (Å²) >= 11 is 1.82. The molecule has 0 spiro atoms. The van der Waals surface area contributed by atoms with Gasteiger partial charge in [0.2, 0.25) is 5.91 Å². The van der Waals surface area contributed by atoms with E-state index in [-0.39, 0.29) is 5.91 Å². The molecule has 1 aromatic carbocycles. The van der Waals surface area contributed by atoms with Crippen LogP contribution >= 0.6 is 11.3 Å². The maximum absolute atomic E-state index is 11.1. The van der Waals surface area contributed by atoms with Crippen LogP contribution in [0.25, 0.3) is 0 Å². The van der Waals surface area contributed by atoms with E-state index in [1.54, 1.807) is 6.07 Å². The molecule has 2 rings (SSSR count). The monoisotopic (exact) mass is 274 g/mol. The molecular weight excluding hydrogens is 256 g/mol. The van der Waals surface area contributed by atoms with Gasteiger partial charge in [0, 0.05) is 28.4 Å². The van der Waals surface area contributed by atoms with Crippen molar-refractivity contribution in [3.8, 4) is 0 Å². The third-order valence-corrected chi connectivity index (χ3v) is 4.01. The second-order valence-electron chi connectivity index (χ2n) is 4.61. The molecule has 3 nitrogen and oxygen atoms in total. The van der Waals surface area contributed by atoms with Crippen LogP contribution < -0.4 is 11.1 Å². The quantitative estimate of drug-likeness (QED) is 0.881. The molecule has 1 amide bonds. The molecule has 19 heavy (non-hydrogen) atoms. The van der Waals surface area contributed by atoms with Gasteiger partial charge in [0.25, 0.3) is 0 Å². The summed E-state index contributed by atoms with van der Waals surface area (Å²) in [6.45, 7) is 5.84. The summed E-state index contributed by atoms with van der Waals surface area (Å²) in [4.78, 5) is 13.8. The van der Waals surface area contributed by atoms with Crippen molar-refractivity contribution >= 4 is 17.2 Å². The summed E-state index contributed by atoms with van der Waals surface area (Å²) in [6, 6.07) is 9.63. The fourth-order valence-corrected chi connectivity index (χ4v) is 2.98. The molecule has 2 aromatic rings. The number of hydrogen-bond acceptors (Lipinski definition) is 3. The predicted molar refractivity (Wildman–Crippen MR) is 79.3 cm³/mol. The molecule has 0 aliphatic heterocycles. The first kappa shape index (κ1) is 13.8. The van der Waals surface area contributed by atoms with Crippen molar-refractivity contribution in [1.82, 2.24) is 5.32 Å². The van der Waals surface area contributed by atoms with Gasteiger partial charge in [-0.3, -0.25) is 4.79 Å². The minimum atomic E-state index is -0.383. The van der Waals surface area contributed by atoms with Crippen molar-refractivity contribution in [2.75, 3.05) is 0 Å². The zero-order valence-corrected chi connectivity index (χ0v) is 12.0. The first-order valence-electron chi connectivity index (χ1n) is 6.21. The molecule has 0 aliphatic rings. The summed E-state index contributed by atoms with van der Waals surface area (Å²) in [5.74, 6) is -0.383. The van der Waals surface area contributed by atoms with Crippen molar-refractivity contribution in [2.45, 2.75) is 26.9 Å². The van der Waals surface area contributed by atoms with Crippen LogP contribution in [0, 0.1) is 13.8 Å². The minimum absolute atomic E-state index is 0.383. The Bertz CT molecular complexity index is 590. The zero-order valence-electron chi connectivity index (χ0n) is 11.2. The molecule has 100 valence electrons. The Hall–Kier alpha value is -1.65. The average molecular weight is 274 g/mol. The summed E-state index contributed by atoms with van der Waals surface area (Å²) < 4.78 is 0. The van der Waals surface area contributed by atoms with Crippen LogP contribution in [-0.2, 0) is 13.1 Å². The Labute approximate surface area is 117 Å². The SMILES string of the molecule is Cc1cc(CNCc2cccc(C(N)=O)c2)c(C)s1. The summed E-state index contributed by atoms with van der Waals surface area (Å²) in [7, 11) is 0. The normalized spacial score (nSPS) is 10.6. The number of nitrogens with one attached hydrogen (secondary N) is 1. The maximum Gasteiger partial charge on any atom is 0.248 e. The van der Waals surface area contributed by atoms with E-state index < -0.39 is 0 Å². The van der Waals surface area contributed by atoms with E-state index in [4.69, 9.17) is 5.73 Å². The highest BCUT2D eigenvalue weighted by molar-refractivity contribution is 7.12. The van der Waals surface area contributed by atoms with Gasteiger partial charge in [0.1, 0.15) is 0 Å². The number of nitrogens with two attached hydrogens (primary N) is 1. The Morgan fingerprint density at radius 3 is 2.68 bits per heavy atom. The lowest BCUT2D eigenvalue weighted by Crippen LogP contribution is -2.15. The minimum Gasteiger partial charge on any atom is -0.366 e. The lowest BCUT2D eigenvalue weighted by atomic mass is 10.1. The summed E-state index contributed by atoms with van der Waals surface area (Å²) in [5.41, 5.74) is 8.24. The van der Waals surface area contributed by atoms with Gasteiger partial charge in [0.15, 0.2) is 0 Å². The van der Waals surface area contributed by atoms with Crippen LogP contribution in [0.3, 0.4) is 0 Å². The third kappa shape index (κ3) is 3.66. The van der Waals surface area contributed by atoms with Crippen molar-refractivity contribution in [3.63, 3.8) is 0 Å². The fourth-order valence-electron chi connectivity index (χ4n) is 2.04. The van der Waals surface area contributed by atoms with Crippen LogP contribution in [0.2, 0.25) is 0 Å². The lowest BCUT2D eigenvalue weighted by Gasteiger charge is -2.06. The van der Waals surface area contributed by atoms with E-state index >= 15 is 0 Å². The Kier molecular flexibility index (Phi) is 4.35. The van der Waals surface area contributed by atoms with Crippen molar-refractivity contribution in [1.29, 1.82) is 0 Å². The number of hydrogen-bond donors (Lipinski definition) is 2. The van der Waals surface area contributed by atoms with E-state index in [2.05, 4.69) is 25.2 Å². The van der Waals surface area contributed by atoms with Crippen LogP contribution in [0.5, 0.6) is 0 Å². The van der Waals surface area contributed by atoms with E-state index in [1.165, 1.54) is 15.3 Å². The van der Waals surface area contributed by atoms with Crippen LogP contribution in [-0.4, -0.2) is 5.91 Å². The molecule has 0 fully saturated rings. The standard InChI is InChI=1S/C15H18N2OS/c1-10-6-14(11(2)19-10)9-17-8-12-4-3-5-13(7-12)15(16)18/h3-7,17H,8-9H2,1-2H3,(H2,16,18). The molecular formula is C15H18N2OS. The highest BCUT2D eigenvalue weighted by Crippen LogP contribution is 2.20. The second kappa shape index (κ2) is 5.99. The van der Waals surface area contributed by atoms with Crippen LogP contribution in [0.1, 0.15) is 31.2 Å². The number of rotatable bonds is 5. The fraction of sp³-hybridized carbons (Fsp3) is 0.267. The summed E-state index contributed by atoms with van der Waals surface area (Å²) in [5, 5.41) is 3.39. The van der Waals surface area contributed by atoms with E-state index in [0.717, 1.165) is 18.7 Å². The van der Waals surface area contributed by atoms with Crippen molar-refractivity contribution in [2.24, 2.45) is 5.73 Å². The molecule has 0 atom stereocenters. The number of thiophene rings is 1. The van der Waals surface area contributed by atoms with Gasteiger partial charge in [-0.15, -0.1) is 11.3 Å². The molecule has 4 heteroatoms. The number of primary amides is 1. The largest absolute Gasteiger partial charge is 0.366 e. The lowest BCUT2D eigenvalue weighted by molar-refractivity contribution is 0.1000. The van der Waals surface area contributed by atoms with Crippen LogP contribution in [0.4, 0.5) is 0 Å². The molecule has 0 saturated carbocycles. The van der Waals surface area contributed by atoms with Gasteiger partial charge < -0.3 is 11.1 Å². The average Bonchev–Trinajstić information content (AvgIpc) is 2.68. The maximum atomic E-state index is 11.1. The van der Waals surface area contributed by atoms with E-state index in [1.807, 2.05) is 29.5 Å². The topological polar surface area (TPSA) is 55.1 Å². The molecule has 3 N–H and O–H groups in total. The first-order valence-corrected chi connectivity index (χ1v) is 7.03. The van der Waals surface area contributed by atoms with Gasteiger partial charge in [-0.25, -0.2) is 0 Å². The van der Waals surface area contributed by atoms with Crippen LogP contribution in [0.15, 0.2) is 30.3 Å². The number of carbonyl (C=O) groups is 1. The third-order valence-electron chi connectivity index (χ3n) is 3.00. The molecule has 0 unspecified atom stereocenters. The number of benzene rings is 1. The number of carbonyl (C=O) groups excluding carboxylic acids is 1. The second-order valence-corrected chi connectivity index (χ2v) is 6.07. The van der Waals surface area contributed by atoms with Gasteiger partial charge in [0.05, 0.1) is 0 Å². The summed E-state index contributed by atoms with van der Waals surface area (Å²) in [6.07, 6.45) is 0. The first-order chi connectivity index (χ1) is 9.06. The molecule has 1 aromatic heterocycles. The Morgan fingerprint density at radius 1 is 1.26 bits per heavy atom. The predicted octanol–water partition coefficient (Wildman–Crippen LogP) is 2.75.